The van der Waals surface area contributed by atoms with Crippen molar-refractivity contribution in [2.24, 2.45) is 0 Å². The molecule has 166 valence electrons. The Kier molecular flexibility index (Phi) is 7.81. The number of carbonyl (C=O) groups excluding carboxylic acids is 2. The molecule has 0 fully saturated rings. The van der Waals surface area contributed by atoms with E-state index >= 15 is 0 Å². The fourth-order valence-corrected chi connectivity index (χ4v) is 2.98. The zero-order valence-electron chi connectivity index (χ0n) is 17.9. The number of hydrogen-bond donors (Lipinski definition) is 1. The lowest BCUT2D eigenvalue weighted by molar-refractivity contribution is -0.255. The number of benzene rings is 3. The van der Waals surface area contributed by atoms with Crippen molar-refractivity contribution >= 4 is 18.0 Å². The van der Waals surface area contributed by atoms with Crippen LogP contribution in [0, 0.1) is 11.3 Å². The van der Waals surface area contributed by atoms with E-state index in [1.54, 1.807) is 30.3 Å². The Morgan fingerprint density at radius 2 is 1.73 bits per heavy atom. The molecule has 1 N–H and O–H groups in total. The molecule has 0 saturated heterocycles. The van der Waals surface area contributed by atoms with Gasteiger partial charge in [0.15, 0.2) is 11.5 Å². The van der Waals surface area contributed by atoms with Gasteiger partial charge in [0, 0.05) is 6.54 Å². The second-order valence-electron chi connectivity index (χ2n) is 7.02. The SMILES string of the molecule is COc1cc(/C=C(\C#N)C(=O)NCc2ccccc2)ccc1OCc1ccc(C(=O)[O-])cc1. The van der Waals surface area contributed by atoms with Gasteiger partial charge in [0.2, 0.25) is 0 Å². The summed E-state index contributed by atoms with van der Waals surface area (Å²) in [6, 6.07) is 22.6. The molecule has 0 unspecified atom stereocenters. The predicted molar refractivity (Wildman–Crippen MR) is 120 cm³/mol. The summed E-state index contributed by atoms with van der Waals surface area (Å²) in [5.74, 6) is -0.818. The number of nitrogens with zero attached hydrogens (tertiary/aromatic N) is 1. The zero-order valence-corrected chi connectivity index (χ0v) is 17.9. The molecule has 0 aliphatic heterocycles. The summed E-state index contributed by atoms with van der Waals surface area (Å²) in [6.45, 7) is 0.517. The second kappa shape index (κ2) is 11.2. The molecule has 7 nitrogen and oxygen atoms in total. The predicted octanol–water partition coefficient (Wildman–Crippen LogP) is 2.86. The smallest absolute Gasteiger partial charge is 0.262 e. The number of carboxylic acid groups (broad SMARTS) is 1. The molecule has 0 spiro atoms. The quantitative estimate of drug-likeness (QED) is 0.404. The van der Waals surface area contributed by atoms with E-state index in [9.17, 15) is 20.0 Å². The number of amides is 1. The maximum absolute atomic E-state index is 12.4. The van der Waals surface area contributed by atoms with Crippen molar-refractivity contribution in [1.29, 1.82) is 5.26 Å². The van der Waals surface area contributed by atoms with Gasteiger partial charge < -0.3 is 24.7 Å². The molecule has 0 atom stereocenters. The molecular weight excluding hydrogens is 420 g/mol. The Morgan fingerprint density at radius 1 is 1.00 bits per heavy atom. The topological polar surface area (TPSA) is 111 Å². The van der Waals surface area contributed by atoms with Crippen molar-refractivity contribution in [3.63, 3.8) is 0 Å². The van der Waals surface area contributed by atoms with Crippen molar-refractivity contribution < 1.29 is 24.2 Å². The van der Waals surface area contributed by atoms with Crippen LogP contribution in [0.3, 0.4) is 0 Å². The Labute approximate surface area is 191 Å². The summed E-state index contributed by atoms with van der Waals surface area (Å²) in [6.07, 6.45) is 1.48. The van der Waals surface area contributed by atoms with E-state index in [4.69, 9.17) is 9.47 Å². The number of ether oxygens (including phenoxy) is 2. The number of nitriles is 1. The van der Waals surface area contributed by atoms with Gasteiger partial charge in [-0.05, 0) is 40.5 Å². The molecule has 0 aromatic heterocycles. The molecule has 0 heterocycles. The van der Waals surface area contributed by atoms with Crippen LogP contribution in [0.1, 0.15) is 27.0 Å². The lowest BCUT2D eigenvalue weighted by Gasteiger charge is -2.12. The first-order valence-electron chi connectivity index (χ1n) is 10.0. The zero-order chi connectivity index (χ0) is 23.6. The lowest BCUT2D eigenvalue weighted by atomic mass is 10.1. The summed E-state index contributed by atoms with van der Waals surface area (Å²) in [5.41, 5.74) is 2.36. The third-order valence-electron chi connectivity index (χ3n) is 4.74. The van der Waals surface area contributed by atoms with E-state index in [-0.39, 0.29) is 17.7 Å². The number of rotatable bonds is 9. The molecule has 7 heteroatoms. The van der Waals surface area contributed by atoms with Crippen molar-refractivity contribution in [2.75, 3.05) is 7.11 Å². The van der Waals surface area contributed by atoms with E-state index in [0.717, 1.165) is 11.1 Å². The first-order chi connectivity index (χ1) is 16.0. The minimum absolute atomic E-state index is 0.0327. The standard InChI is InChI=1S/C26H22N2O5/c1-32-24-14-20(13-22(15-27)25(29)28-16-18-5-3-2-4-6-18)9-12-23(24)33-17-19-7-10-21(11-8-19)26(30)31/h2-14H,16-17H2,1H3,(H,28,29)(H,30,31)/p-1/b22-13+. The van der Waals surface area contributed by atoms with Gasteiger partial charge in [0.05, 0.1) is 13.1 Å². The second-order valence-corrected chi connectivity index (χ2v) is 7.02. The highest BCUT2D eigenvalue weighted by Crippen LogP contribution is 2.29. The molecule has 0 aliphatic rings. The van der Waals surface area contributed by atoms with Gasteiger partial charge in [0.1, 0.15) is 18.2 Å². The largest absolute Gasteiger partial charge is 0.545 e. The van der Waals surface area contributed by atoms with Gasteiger partial charge in [0.25, 0.3) is 5.91 Å². The van der Waals surface area contributed by atoms with Crippen LogP contribution in [0.4, 0.5) is 0 Å². The van der Waals surface area contributed by atoms with Crippen LogP contribution in [0.15, 0.2) is 78.4 Å². The molecule has 33 heavy (non-hydrogen) atoms. The Morgan fingerprint density at radius 3 is 2.36 bits per heavy atom. The summed E-state index contributed by atoms with van der Waals surface area (Å²) < 4.78 is 11.2. The summed E-state index contributed by atoms with van der Waals surface area (Å²) >= 11 is 0. The van der Waals surface area contributed by atoms with Crippen LogP contribution in [0.5, 0.6) is 11.5 Å². The van der Waals surface area contributed by atoms with Crippen LogP contribution < -0.4 is 19.9 Å². The maximum Gasteiger partial charge on any atom is 0.262 e. The molecule has 0 radical (unpaired) electrons. The molecule has 0 saturated carbocycles. The van der Waals surface area contributed by atoms with E-state index in [1.165, 1.54) is 25.3 Å². The average molecular weight is 441 g/mol. The van der Waals surface area contributed by atoms with Crippen molar-refractivity contribution in [3.8, 4) is 17.6 Å². The minimum atomic E-state index is -1.24. The Hall–Kier alpha value is -4.57. The summed E-state index contributed by atoms with van der Waals surface area (Å²) in [7, 11) is 1.49. The van der Waals surface area contributed by atoms with Gasteiger partial charge in [-0.25, -0.2) is 0 Å². The lowest BCUT2D eigenvalue weighted by Crippen LogP contribution is -2.23. The van der Waals surface area contributed by atoms with Crippen LogP contribution in [0.2, 0.25) is 0 Å². The van der Waals surface area contributed by atoms with Crippen molar-refractivity contribution in [3.05, 3.63) is 101 Å². The minimum Gasteiger partial charge on any atom is -0.545 e. The van der Waals surface area contributed by atoms with Crippen molar-refractivity contribution in [2.45, 2.75) is 13.2 Å². The Bertz CT molecular complexity index is 1200. The molecule has 3 aromatic rings. The fraction of sp³-hybridized carbons (Fsp3) is 0.115. The van der Waals surface area contributed by atoms with Gasteiger partial charge >= 0.3 is 0 Å². The van der Waals surface area contributed by atoms with Crippen LogP contribution in [0.25, 0.3) is 6.08 Å². The van der Waals surface area contributed by atoms with Gasteiger partial charge in [-0.3, -0.25) is 4.79 Å². The number of carbonyl (C=O) groups is 2. The first kappa shape index (κ1) is 23.1. The molecule has 3 rings (SSSR count). The molecule has 0 bridgehead atoms. The van der Waals surface area contributed by atoms with E-state index in [2.05, 4.69) is 5.32 Å². The van der Waals surface area contributed by atoms with Crippen molar-refractivity contribution in [1.82, 2.24) is 5.32 Å². The molecule has 1 amide bonds. The summed E-state index contributed by atoms with van der Waals surface area (Å²) in [4.78, 5) is 23.2. The summed E-state index contributed by atoms with van der Waals surface area (Å²) in [5, 5.41) is 23.0. The normalized spacial score (nSPS) is 10.7. The Balaban J connectivity index is 1.68. The third kappa shape index (κ3) is 6.45. The van der Waals surface area contributed by atoms with Crippen LogP contribution in [-0.2, 0) is 17.9 Å². The highest BCUT2D eigenvalue weighted by molar-refractivity contribution is 6.01. The molecule has 3 aromatic carbocycles. The maximum atomic E-state index is 12.4. The molecular formula is C26H21N2O5-. The number of nitrogens with one attached hydrogen (secondary N) is 1. The monoisotopic (exact) mass is 441 g/mol. The van der Waals surface area contributed by atoms with Gasteiger partial charge in [-0.15, -0.1) is 0 Å². The van der Waals surface area contributed by atoms with E-state index < -0.39 is 11.9 Å². The molecule has 0 aliphatic carbocycles. The number of aromatic carboxylic acids is 1. The number of carboxylic acids is 1. The number of hydrogen-bond acceptors (Lipinski definition) is 6. The average Bonchev–Trinajstić information content (AvgIpc) is 2.85. The third-order valence-corrected chi connectivity index (χ3v) is 4.74. The first-order valence-corrected chi connectivity index (χ1v) is 10.0. The van der Waals surface area contributed by atoms with E-state index in [1.807, 2.05) is 36.4 Å². The number of methoxy groups -OCH3 is 1. The van der Waals surface area contributed by atoms with Gasteiger partial charge in [-0.2, -0.15) is 5.26 Å². The van der Waals surface area contributed by atoms with E-state index in [0.29, 0.717) is 23.6 Å². The van der Waals surface area contributed by atoms with Crippen LogP contribution >= 0.6 is 0 Å². The fourth-order valence-electron chi connectivity index (χ4n) is 2.98. The highest BCUT2D eigenvalue weighted by Gasteiger charge is 2.11. The van der Waals surface area contributed by atoms with Gasteiger partial charge in [-0.1, -0.05) is 60.7 Å². The highest BCUT2D eigenvalue weighted by atomic mass is 16.5. The van der Waals surface area contributed by atoms with Crippen LogP contribution in [-0.4, -0.2) is 19.0 Å².